The number of hydrogen-bond donors (Lipinski definition) is 1. The van der Waals surface area contributed by atoms with Crippen molar-refractivity contribution in [3.63, 3.8) is 0 Å². The maximum absolute atomic E-state index is 12.6. The van der Waals surface area contributed by atoms with E-state index in [9.17, 15) is 24.4 Å². The monoisotopic (exact) mass is 355 g/mol. The van der Waals surface area contributed by atoms with Crippen molar-refractivity contribution in [3.05, 3.63) is 29.8 Å². The fourth-order valence-electron chi connectivity index (χ4n) is 3.06. The van der Waals surface area contributed by atoms with E-state index in [-0.39, 0.29) is 31.6 Å². The van der Waals surface area contributed by atoms with E-state index in [1.807, 2.05) is 0 Å². The average Bonchev–Trinajstić information content (AvgIpc) is 2.95. The summed E-state index contributed by atoms with van der Waals surface area (Å²) in [7, 11) is 0. The summed E-state index contributed by atoms with van der Waals surface area (Å²) in [6.07, 6.45) is 0. The molecule has 1 aromatic carbocycles. The SMILES string of the molecule is C[C@H]1CN(c2ccccc2C#N)C(=O)CN1C(=O)CN1C(=O)CNC1=O. The number of nitrogens with zero attached hydrogens (tertiary/aromatic N) is 4. The van der Waals surface area contributed by atoms with Crippen molar-refractivity contribution in [1.82, 2.24) is 15.1 Å². The predicted octanol–water partition coefficient (Wildman–Crippen LogP) is -0.326. The zero-order valence-corrected chi connectivity index (χ0v) is 14.1. The van der Waals surface area contributed by atoms with Gasteiger partial charge in [0.1, 0.15) is 19.2 Å². The van der Waals surface area contributed by atoms with E-state index >= 15 is 0 Å². The first kappa shape index (κ1) is 17.4. The van der Waals surface area contributed by atoms with Gasteiger partial charge in [0.15, 0.2) is 0 Å². The van der Waals surface area contributed by atoms with Crippen molar-refractivity contribution >= 4 is 29.4 Å². The van der Waals surface area contributed by atoms with Crippen LogP contribution in [0.2, 0.25) is 0 Å². The van der Waals surface area contributed by atoms with Crippen molar-refractivity contribution in [2.24, 2.45) is 0 Å². The molecule has 3 rings (SSSR count). The molecule has 1 atom stereocenters. The highest BCUT2D eigenvalue weighted by atomic mass is 16.2. The van der Waals surface area contributed by atoms with Crippen LogP contribution < -0.4 is 10.2 Å². The van der Waals surface area contributed by atoms with Gasteiger partial charge >= 0.3 is 6.03 Å². The number of urea groups is 1. The molecule has 2 aliphatic rings. The lowest BCUT2D eigenvalue weighted by molar-refractivity contribution is -0.141. The van der Waals surface area contributed by atoms with Crippen LogP contribution in [0.1, 0.15) is 12.5 Å². The van der Waals surface area contributed by atoms with Gasteiger partial charge in [-0.05, 0) is 19.1 Å². The summed E-state index contributed by atoms with van der Waals surface area (Å²) in [4.78, 5) is 51.9. The van der Waals surface area contributed by atoms with Gasteiger partial charge in [-0.25, -0.2) is 4.79 Å². The molecule has 0 spiro atoms. The zero-order chi connectivity index (χ0) is 18.8. The molecule has 0 unspecified atom stereocenters. The third-order valence-corrected chi connectivity index (χ3v) is 4.45. The summed E-state index contributed by atoms with van der Waals surface area (Å²) in [5.74, 6) is -1.26. The van der Waals surface area contributed by atoms with Crippen molar-refractivity contribution in [2.75, 3.05) is 31.1 Å². The van der Waals surface area contributed by atoms with E-state index in [1.165, 1.54) is 9.80 Å². The van der Waals surface area contributed by atoms with Crippen LogP contribution in [-0.2, 0) is 14.4 Å². The molecule has 1 aromatic rings. The van der Waals surface area contributed by atoms with Gasteiger partial charge in [0.2, 0.25) is 11.8 Å². The van der Waals surface area contributed by atoms with Gasteiger partial charge in [0, 0.05) is 12.6 Å². The lowest BCUT2D eigenvalue weighted by Gasteiger charge is -2.40. The molecule has 134 valence electrons. The molecule has 2 saturated heterocycles. The molecule has 0 aromatic heterocycles. The number of imide groups is 1. The number of rotatable bonds is 3. The Morgan fingerprint density at radius 1 is 1.27 bits per heavy atom. The lowest BCUT2D eigenvalue weighted by atomic mass is 10.1. The van der Waals surface area contributed by atoms with Crippen LogP contribution in [0.4, 0.5) is 10.5 Å². The molecule has 9 heteroatoms. The minimum atomic E-state index is -0.607. The first-order valence-electron chi connectivity index (χ1n) is 8.09. The van der Waals surface area contributed by atoms with Crippen LogP contribution in [0.3, 0.4) is 0 Å². The Morgan fingerprint density at radius 3 is 2.65 bits per heavy atom. The number of carbonyl (C=O) groups is 4. The topological polar surface area (TPSA) is 114 Å². The van der Waals surface area contributed by atoms with Crippen LogP contribution in [0.15, 0.2) is 24.3 Å². The molecule has 9 nitrogen and oxygen atoms in total. The number of benzene rings is 1. The van der Waals surface area contributed by atoms with Gasteiger partial charge in [-0.15, -0.1) is 0 Å². The Kier molecular flexibility index (Phi) is 4.58. The molecule has 2 aliphatic heterocycles. The Bertz CT molecular complexity index is 815. The quantitative estimate of drug-likeness (QED) is 0.746. The number of amides is 5. The number of para-hydroxylation sites is 1. The molecule has 1 N–H and O–H groups in total. The molecule has 26 heavy (non-hydrogen) atoms. The Hall–Kier alpha value is -3.41. The molecule has 0 saturated carbocycles. The predicted molar refractivity (Wildman–Crippen MR) is 89.8 cm³/mol. The lowest BCUT2D eigenvalue weighted by Crippen LogP contribution is -2.59. The first-order chi connectivity index (χ1) is 12.4. The minimum absolute atomic E-state index is 0.126. The van der Waals surface area contributed by atoms with E-state index in [2.05, 4.69) is 11.4 Å². The fraction of sp³-hybridized carbons (Fsp3) is 0.353. The summed E-state index contributed by atoms with van der Waals surface area (Å²) in [5.41, 5.74) is 0.889. The van der Waals surface area contributed by atoms with Gasteiger partial charge in [-0.2, -0.15) is 5.26 Å². The second kappa shape index (κ2) is 6.84. The second-order valence-corrected chi connectivity index (χ2v) is 6.14. The standard InChI is InChI=1S/C17H17N5O4/c1-11-8-21(13-5-3-2-4-12(13)6-18)16(25)9-20(11)15(24)10-22-14(23)7-19-17(22)26/h2-5,11H,7-10H2,1H3,(H,19,26)/t11-/m0/s1. The number of anilines is 1. The van der Waals surface area contributed by atoms with E-state index in [0.717, 1.165) is 4.90 Å². The minimum Gasteiger partial charge on any atom is -0.329 e. The van der Waals surface area contributed by atoms with Gasteiger partial charge in [0.05, 0.1) is 17.8 Å². The second-order valence-electron chi connectivity index (χ2n) is 6.14. The number of hydrogen-bond acceptors (Lipinski definition) is 5. The van der Waals surface area contributed by atoms with Crippen molar-refractivity contribution in [1.29, 1.82) is 5.26 Å². The van der Waals surface area contributed by atoms with E-state index in [1.54, 1.807) is 31.2 Å². The molecule has 5 amide bonds. The zero-order valence-electron chi connectivity index (χ0n) is 14.1. The van der Waals surface area contributed by atoms with Gasteiger partial charge in [0.25, 0.3) is 5.91 Å². The number of piperazine rings is 1. The molecule has 2 heterocycles. The Balaban J connectivity index is 1.73. The maximum atomic E-state index is 12.6. The highest BCUT2D eigenvalue weighted by Crippen LogP contribution is 2.24. The normalized spacial score (nSPS) is 20.2. The third-order valence-electron chi connectivity index (χ3n) is 4.45. The van der Waals surface area contributed by atoms with Gasteiger partial charge in [-0.1, -0.05) is 12.1 Å². The molecule has 0 bridgehead atoms. The van der Waals surface area contributed by atoms with E-state index in [4.69, 9.17) is 0 Å². The number of nitrogens with one attached hydrogen (secondary N) is 1. The highest BCUT2D eigenvalue weighted by molar-refractivity contribution is 6.05. The van der Waals surface area contributed by atoms with Gasteiger partial charge in [-0.3, -0.25) is 19.3 Å². The molecular weight excluding hydrogens is 338 g/mol. The van der Waals surface area contributed by atoms with Crippen molar-refractivity contribution in [2.45, 2.75) is 13.0 Å². The van der Waals surface area contributed by atoms with E-state index in [0.29, 0.717) is 11.3 Å². The van der Waals surface area contributed by atoms with Crippen LogP contribution in [0, 0.1) is 11.3 Å². The highest BCUT2D eigenvalue weighted by Gasteiger charge is 2.37. The van der Waals surface area contributed by atoms with Crippen LogP contribution in [0.25, 0.3) is 0 Å². The molecule has 0 radical (unpaired) electrons. The summed E-state index contributed by atoms with van der Waals surface area (Å²) in [5, 5.41) is 11.6. The Morgan fingerprint density at radius 2 is 2.00 bits per heavy atom. The van der Waals surface area contributed by atoms with Crippen LogP contribution >= 0.6 is 0 Å². The molecular formula is C17H17N5O4. The van der Waals surface area contributed by atoms with Crippen LogP contribution in [0.5, 0.6) is 0 Å². The summed E-state index contributed by atoms with van der Waals surface area (Å²) >= 11 is 0. The Labute approximate surface area is 149 Å². The first-order valence-corrected chi connectivity index (χ1v) is 8.09. The number of nitriles is 1. The average molecular weight is 355 g/mol. The summed E-state index contributed by atoms with van der Waals surface area (Å²) in [6.45, 7) is 1.31. The fourth-order valence-corrected chi connectivity index (χ4v) is 3.06. The summed E-state index contributed by atoms with van der Waals surface area (Å²) in [6, 6.07) is 7.89. The largest absolute Gasteiger partial charge is 0.329 e. The van der Waals surface area contributed by atoms with Gasteiger partial charge < -0.3 is 15.1 Å². The number of carbonyl (C=O) groups excluding carboxylic acids is 4. The van der Waals surface area contributed by atoms with Crippen molar-refractivity contribution in [3.8, 4) is 6.07 Å². The van der Waals surface area contributed by atoms with Crippen LogP contribution in [-0.4, -0.2) is 65.8 Å². The van der Waals surface area contributed by atoms with E-state index < -0.39 is 24.4 Å². The molecule has 0 aliphatic carbocycles. The third kappa shape index (κ3) is 3.09. The summed E-state index contributed by atoms with van der Waals surface area (Å²) < 4.78 is 0. The van der Waals surface area contributed by atoms with Crippen molar-refractivity contribution < 1.29 is 19.2 Å². The molecule has 2 fully saturated rings. The maximum Gasteiger partial charge on any atom is 0.325 e. The smallest absolute Gasteiger partial charge is 0.325 e.